The molecule has 6 heteroatoms. The lowest BCUT2D eigenvalue weighted by Crippen LogP contribution is -2.38. The van der Waals surface area contributed by atoms with E-state index >= 15 is 0 Å². The second-order valence-corrected chi connectivity index (χ2v) is 5.55. The van der Waals surface area contributed by atoms with Gasteiger partial charge >= 0.3 is 6.03 Å². The molecule has 0 spiro atoms. The molecule has 1 aromatic carbocycles. The number of halogens is 1. The third kappa shape index (κ3) is 3.04. The topological polar surface area (TPSA) is 69.8 Å². The summed E-state index contributed by atoms with van der Waals surface area (Å²) in [6, 6.07) is 5.62. The van der Waals surface area contributed by atoms with Crippen molar-refractivity contribution in [3.63, 3.8) is 0 Å². The molecule has 5 nitrogen and oxygen atoms in total. The van der Waals surface area contributed by atoms with E-state index in [1.54, 1.807) is 0 Å². The Morgan fingerprint density at radius 2 is 2.10 bits per heavy atom. The molecule has 0 saturated heterocycles. The SMILES string of the molecule is O=C(Nc1ccc2nc(Cl)[nH]c2c1)NC1CCCCC1. The van der Waals surface area contributed by atoms with Gasteiger partial charge in [-0.2, -0.15) is 0 Å². The Morgan fingerprint density at radius 3 is 2.90 bits per heavy atom. The summed E-state index contributed by atoms with van der Waals surface area (Å²) < 4.78 is 0. The lowest BCUT2D eigenvalue weighted by atomic mass is 9.96. The van der Waals surface area contributed by atoms with Gasteiger partial charge in [-0.15, -0.1) is 0 Å². The predicted molar refractivity (Wildman–Crippen MR) is 80.1 cm³/mol. The number of fused-ring (bicyclic) bond motifs is 1. The number of nitrogens with zero attached hydrogens (tertiary/aromatic N) is 1. The Bertz CT molecular complexity index is 619. The quantitative estimate of drug-likeness (QED) is 0.790. The second kappa shape index (κ2) is 5.71. The average Bonchev–Trinajstić information content (AvgIpc) is 2.79. The summed E-state index contributed by atoms with van der Waals surface area (Å²) in [7, 11) is 0. The molecule has 1 saturated carbocycles. The van der Waals surface area contributed by atoms with Gasteiger partial charge in [0.1, 0.15) is 0 Å². The molecule has 0 bridgehead atoms. The fourth-order valence-corrected chi connectivity index (χ4v) is 2.85. The first kappa shape index (κ1) is 13.2. The van der Waals surface area contributed by atoms with Gasteiger partial charge in [0.2, 0.25) is 5.28 Å². The Labute approximate surface area is 122 Å². The summed E-state index contributed by atoms with van der Waals surface area (Å²) >= 11 is 5.80. The highest BCUT2D eigenvalue weighted by Crippen LogP contribution is 2.20. The van der Waals surface area contributed by atoms with Gasteiger partial charge in [0.25, 0.3) is 0 Å². The molecule has 0 radical (unpaired) electrons. The number of aromatic nitrogens is 2. The lowest BCUT2D eigenvalue weighted by molar-refractivity contribution is 0.244. The van der Waals surface area contributed by atoms with Crippen molar-refractivity contribution < 1.29 is 4.79 Å². The maximum atomic E-state index is 11.9. The van der Waals surface area contributed by atoms with E-state index in [1.165, 1.54) is 19.3 Å². The molecular formula is C14H17ClN4O. The van der Waals surface area contributed by atoms with Gasteiger partial charge in [-0.05, 0) is 42.6 Å². The Morgan fingerprint density at radius 1 is 1.30 bits per heavy atom. The van der Waals surface area contributed by atoms with Crippen LogP contribution >= 0.6 is 11.6 Å². The van der Waals surface area contributed by atoms with Crippen LogP contribution in [0, 0.1) is 0 Å². The Hall–Kier alpha value is -1.75. The van der Waals surface area contributed by atoms with Crippen molar-refractivity contribution in [3.8, 4) is 0 Å². The number of carbonyl (C=O) groups is 1. The van der Waals surface area contributed by atoms with Crippen molar-refractivity contribution in [2.45, 2.75) is 38.1 Å². The number of hydrogen-bond donors (Lipinski definition) is 3. The van der Waals surface area contributed by atoms with Crippen LogP contribution in [0.25, 0.3) is 11.0 Å². The smallest absolute Gasteiger partial charge is 0.319 e. The van der Waals surface area contributed by atoms with Gasteiger partial charge in [0.05, 0.1) is 11.0 Å². The molecule has 106 valence electrons. The number of urea groups is 1. The van der Waals surface area contributed by atoms with Crippen molar-refractivity contribution in [3.05, 3.63) is 23.5 Å². The summed E-state index contributed by atoms with van der Waals surface area (Å²) in [5.41, 5.74) is 2.32. The molecule has 0 atom stereocenters. The average molecular weight is 293 g/mol. The summed E-state index contributed by atoms with van der Waals surface area (Å²) in [5, 5.41) is 6.22. The van der Waals surface area contributed by atoms with Crippen molar-refractivity contribution in [2.24, 2.45) is 0 Å². The number of aromatic amines is 1. The number of benzene rings is 1. The number of H-pyrrole nitrogens is 1. The van der Waals surface area contributed by atoms with Gasteiger partial charge < -0.3 is 15.6 Å². The van der Waals surface area contributed by atoms with Crippen LogP contribution in [0.15, 0.2) is 18.2 Å². The van der Waals surface area contributed by atoms with Crippen LogP contribution in [0.3, 0.4) is 0 Å². The summed E-state index contributed by atoms with van der Waals surface area (Å²) in [6.45, 7) is 0. The molecule has 1 heterocycles. The number of anilines is 1. The second-order valence-electron chi connectivity index (χ2n) is 5.19. The monoisotopic (exact) mass is 292 g/mol. The van der Waals surface area contributed by atoms with E-state index in [0.29, 0.717) is 11.3 Å². The Kier molecular flexibility index (Phi) is 3.78. The lowest BCUT2D eigenvalue weighted by Gasteiger charge is -2.22. The van der Waals surface area contributed by atoms with E-state index in [1.807, 2.05) is 18.2 Å². The van der Waals surface area contributed by atoms with Crippen LogP contribution in [0.4, 0.5) is 10.5 Å². The minimum absolute atomic E-state index is 0.151. The molecule has 1 aliphatic carbocycles. The molecule has 3 N–H and O–H groups in total. The van der Waals surface area contributed by atoms with Crippen LogP contribution in [-0.2, 0) is 0 Å². The van der Waals surface area contributed by atoms with E-state index in [4.69, 9.17) is 11.6 Å². The number of nitrogens with one attached hydrogen (secondary N) is 3. The summed E-state index contributed by atoms with van der Waals surface area (Å²) in [6.07, 6.45) is 5.81. The van der Waals surface area contributed by atoms with Gasteiger partial charge in [-0.3, -0.25) is 0 Å². The fraction of sp³-hybridized carbons (Fsp3) is 0.429. The van der Waals surface area contributed by atoms with Crippen LogP contribution in [0.2, 0.25) is 5.28 Å². The molecule has 3 rings (SSSR count). The van der Waals surface area contributed by atoms with E-state index in [-0.39, 0.29) is 6.03 Å². The molecule has 0 unspecified atom stereocenters. The highest BCUT2D eigenvalue weighted by atomic mass is 35.5. The first-order valence-electron chi connectivity index (χ1n) is 6.93. The van der Waals surface area contributed by atoms with Crippen molar-refractivity contribution in [1.29, 1.82) is 0 Å². The largest absolute Gasteiger partial charge is 0.335 e. The maximum absolute atomic E-state index is 11.9. The number of amides is 2. The molecule has 0 aliphatic heterocycles. The number of rotatable bonds is 2. The van der Waals surface area contributed by atoms with Gasteiger partial charge in [0.15, 0.2) is 0 Å². The first-order valence-corrected chi connectivity index (χ1v) is 7.31. The fourth-order valence-electron chi connectivity index (χ4n) is 2.66. The van der Waals surface area contributed by atoms with E-state index in [2.05, 4.69) is 20.6 Å². The number of hydrogen-bond acceptors (Lipinski definition) is 2. The first-order chi connectivity index (χ1) is 9.70. The van der Waals surface area contributed by atoms with Crippen LogP contribution < -0.4 is 10.6 Å². The molecule has 1 fully saturated rings. The minimum Gasteiger partial charge on any atom is -0.335 e. The van der Waals surface area contributed by atoms with Crippen LogP contribution in [0.5, 0.6) is 0 Å². The van der Waals surface area contributed by atoms with Crippen molar-refractivity contribution >= 4 is 34.4 Å². The molecule has 1 aromatic heterocycles. The van der Waals surface area contributed by atoms with E-state index < -0.39 is 0 Å². The predicted octanol–water partition coefficient (Wildman–Crippen LogP) is 3.67. The highest BCUT2D eigenvalue weighted by Gasteiger charge is 2.15. The Balaban J connectivity index is 1.64. The molecule has 2 aromatic rings. The van der Waals surface area contributed by atoms with Crippen molar-refractivity contribution in [1.82, 2.24) is 15.3 Å². The summed E-state index contributed by atoms with van der Waals surface area (Å²) in [4.78, 5) is 19.0. The maximum Gasteiger partial charge on any atom is 0.319 e. The van der Waals surface area contributed by atoms with E-state index in [9.17, 15) is 4.79 Å². The molecular weight excluding hydrogens is 276 g/mol. The molecule has 20 heavy (non-hydrogen) atoms. The minimum atomic E-state index is -0.151. The zero-order chi connectivity index (χ0) is 13.9. The van der Waals surface area contributed by atoms with Crippen LogP contribution in [0.1, 0.15) is 32.1 Å². The molecule has 1 aliphatic rings. The van der Waals surface area contributed by atoms with E-state index in [0.717, 1.165) is 29.6 Å². The zero-order valence-electron chi connectivity index (χ0n) is 11.1. The standard InChI is InChI=1S/C14H17ClN4O/c15-13-18-11-7-6-10(8-12(11)19-13)17-14(20)16-9-4-2-1-3-5-9/h6-9H,1-5H2,(H,18,19)(H2,16,17,20). The zero-order valence-corrected chi connectivity index (χ0v) is 11.8. The van der Waals surface area contributed by atoms with Gasteiger partial charge in [0, 0.05) is 11.7 Å². The van der Waals surface area contributed by atoms with Gasteiger partial charge in [-0.25, -0.2) is 9.78 Å². The number of imidazole rings is 1. The van der Waals surface area contributed by atoms with Crippen molar-refractivity contribution in [2.75, 3.05) is 5.32 Å². The van der Waals surface area contributed by atoms with Gasteiger partial charge in [-0.1, -0.05) is 19.3 Å². The highest BCUT2D eigenvalue weighted by molar-refractivity contribution is 6.29. The third-order valence-corrected chi connectivity index (χ3v) is 3.83. The molecule has 2 amide bonds. The van der Waals surface area contributed by atoms with Crippen LogP contribution in [-0.4, -0.2) is 22.0 Å². The third-order valence-electron chi connectivity index (χ3n) is 3.65. The summed E-state index contributed by atoms with van der Waals surface area (Å²) in [5.74, 6) is 0. The normalized spacial score (nSPS) is 16.2. The number of carbonyl (C=O) groups excluding carboxylic acids is 1.